The van der Waals surface area contributed by atoms with Crippen LogP contribution >= 0.6 is 0 Å². The number of aliphatic hydroxyl groups excluding tert-OH is 1. The Morgan fingerprint density at radius 3 is 2.38 bits per heavy atom. The molecule has 2 aromatic carbocycles. The van der Waals surface area contributed by atoms with Crippen LogP contribution in [0.3, 0.4) is 0 Å². The maximum Gasteiger partial charge on any atom is 0.269 e. The summed E-state index contributed by atoms with van der Waals surface area (Å²) in [5.41, 5.74) is 5.90. The van der Waals surface area contributed by atoms with E-state index in [1.807, 2.05) is 19.1 Å². The second-order valence-electron chi connectivity index (χ2n) is 11.0. The molecule has 0 aliphatic carbocycles. The van der Waals surface area contributed by atoms with Crippen LogP contribution in [0.5, 0.6) is 5.88 Å². The number of hydrogen-bond acceptors (Lipinski definition) is 7. The van der Waals surface area contributed by atoms with E-state index in [1.54, 1.807) is 56.0 Å². The largest absolute Gasteiger partial charge is 0.481 e. The molecule has 1 aliphatic rings. The molecule has 0 spiro atoms. The minimum Gasteiger partial charge on any atom is -0.481 e. The number of hydrogen-bond donors (Lipinski definition) is 1. The van der Waals surface area contributed by atoms with Crippen LogP contribution in [0, 0.1) is 12.8 Å². The van der Waals surface area contributed by atoms with E-state index in [-0.39, 0.29) is 11.5 Å². The van der Waals surface area contributed by atoms with Gasteiger partial charge in [-0.05, 0) is 67.6 Å². The van der Waals surface area contributed by atoms with Crippen LogP contribution in [-0.4, -0.2) is 59.2 Å². The molecule has 9 heteroatoms. The summed E-state index contributed by atoms with van der Waals surface area (Å²) in [6, 6.07) is 20.9. The minimum absolute atomic E-state index is 0.199. The first-order valence-corrected chi connectivity index (χ1v) is 15.6. The molecule has 8 nitrogen and oxygen atoms in total. The van der Waals surface area contributed by atoms with Crippen LogP contribution in [-0.2, 0) is 16.6 Å². The van der Waals surface area contributed by atoms with Crippen molar-refractivity contribution in [1.82, 2.24) is 18.8 Å². The average molecular weight is 583 g/mol. The molecule has 0 saturated carbocycles. The van der Waals surface area contributed by atoms with E-state index < -0.39 is 10.0 Å². The van der Waals surface area contributed by atoms with Gasteiger partial charge in [0.25, 0.3) is 10.0 Å². The summed E-state index contributed by atoms with van der Waals surface area (Å²) in [5, 5.41) is 10.3. The van der Waals surface area contributed by atoms with E-state index in [4.69, 9.17) is 4.74 Å². The first kappa shape index (κ1) is 28.1. The molecular weight excluding hydrogens is 548 g/mol. The lowest BCUT2D eigenvalue weighted by molar-refractivity contribution is 0.116. The Kier molecular flexibility index (Phi) is 7.81. The maximum absolute atomic E-state index is 13.8. The highest BCUT2D eigenvalue weighted by Gasteiger charge is 2.24. The van der Waals surface area contributed by atoms with E-state index >= 15 is 0 Å². The van der Waals surface area contributed by atoms with Gasteiger partial charge in [0.1, 0.15) is 0 Å². The molecule has 6 rings (SSSR count). The van der Waals surface area contributed by atoms with Gasteiger partial charge in [-0.2, -0.15) is 0 Å². The topological polar surface area (TPSA) is 97.5 Å². The zero-order valence-electron chi connectivity index (χ0n) is 23.8. The number of piperidine rings is 1. The molecule has 0 radical (unpaired) electrons. The van der Waals surface area contributed by atoms with Crippen molar-refractivity contribution in [2.75, 3.05) is 26.8 Å². The van der Waals surface area contributed by atoms with Crippen molar-refractivity contribution in [3.8, 4) is 28.1 Å². The molecule has 216 valence electrons. The number of aliphatic hydroxyl groups is 1. The zero-order chi connectivity index (χ0) is 29.3. The molecule has 4 heterocycles. The highest BCUT2D eigenvalue weighted by molar-refractivity contribution is 7.90. The molecule has 1 saturated heterocycles. The average Bonchev–Trinajstić information content (AvgIpc) is 3.42. The molecule has 1 aliphatic heterocycles. The predicted molar refractivity (Wildman–Crippen MR) is 164 cm³/mol. The Labute approximate surface area is 246 Å². The van der Waals surface area contributed by atoms with Crippen LogP contribution in [0.25, 0.3) is 33.3 Å². The third kappa shape index (κ3) is 5.55. The second-order valence-corrected chi connectivity index (χ2v) is 12.8. The van der Waals surface area contributed by atoms with Crippen LogP contribution < -0.4 is 4.74 Å². The van der Waals surface area contributed by atoms with Crippen molar-refractivity contribution in [2.24, 2.45) is 5.92 Å². The molecule has 1 fully saturated rings. The number of aromatic nitrogens is 3. The van der Waals surface area contributed by atoms with E-state index in [9.17, 15) is 13.5 Å². The van der Waals surface area contributed by atoms with Gasteiger partial charge in [-0.3, -0.25) is 4.90 Å². The van der Waals surface area contributed by atoms with E-state index in [2.05, 4.69) is 39.1 Å². The van der Waals surface area contributed by atoms with Crippen molar-refractivity contribution in [3.05, 3.63) is 96.4 Å². The number of ether oxygens (including phenoxy) is 1. The SMILES string of the molecule is COc1ccc(-c2cn(S(=O)(=O)c3ccc(C)cc3)c3ncc(-c4ccc(CN5CCCC(CO)C5)cc4)cc23)cn1. The lowest BCUT2D eigenvalue weighted by atomic mass is 9.98. The van der Waals surface area contributed by atoms with Gasteiger partial charge in [0.05, 0.1) is 12.0 Å². The summed E-state index contributed by atoms with van der Waals surface area (Å²) >= 11 is 0. The Bertz CT molecular complexity index is 1800. The Morgan fingerprint density at radius 2 is 1.69 bits per heavy atom. The molecule has 5 aromatic rings. The number of aryl methyl sites for hydroxylation is 1. The number of methoxy groups -OCH3 is 1. The fraction of sp³-hybridized carbons (Fsp3) is 0.273. The third-order valence-corrected chi connectivity index (χ3v) is 9.67. The highest BCUT2D eigenvalue weighted by Crippen LogP contribution is 2.35. The lowest BCUT2D eigenvalue weighted by Crippen LogP contribution is -2.36. The maximum atomic E-state index is 13.8. The summed E-state index contributed by atoms with van der Waals surface area (Å²) in [6.45, 7) is 4.98. The lowest BCUT2D eigenvalue weighted by Gasteiger charge is -2.31. The zero-order valence-corrected chi connectivity index (χ0v) is 24.6. The van der Waals surface area contributed by atoms with E-state index in [0.29, 0.717) is 28.4 Å². The standard InChI is InChI=1S/C33H34N4O4S/c1-23-5-12-29(13-6-23)42(39,40)37-21-31(27-11-14-32(41-2)34-17-27)30-16-28(18-35-33(30)37)26-9-7-24(8-10-26)19-36-15-3-4-25(20-36)22-38/h5-14,16-18,21,25,38H,3-4,15,19-20,22H2,1-2H3. The van der Waals surface area contributed by atoms with E-state index in [1.165, 1.54) is 9.54 Å². The van der Waals surface area contributed by atoms with Gasteiger partial charge in [-0.25, -0.2) is 22.4 Å². The quantitative estimate of drug-likeness (QED) is 0.257. The van der Waals surface area contributed by atoms with Crippen LogP contribution in [0.2, 0.25) is 0 Å². The van der Waals surface area contributed by atoms with Gasteiger partial charge in [-0.1, -0.05) is 42.0 Å². The number of pyridine rings is 2. The summed E-state index contributed by atoms with van der Waals surface area (Å²) in [6.07, 6.45) is 7.23. The van der Waals surface area contributed by atoms with Gasteiger partial charge < -0.3 is 9.84 Å². The first-order valence-electron chi connectivity index (χ1n) is 14.1. The summed E-state index contributed by atoms with van der Waals surface area (Å²) in [5.74, 6) is 0.832. The number of benzene rings is 2. The fourth-order valence-electron chi connectivity index (χ4n) is 5.64. The van der Waals surface area contributed by atoms with Gasteiger partial charge >= 0.3 is 0 Å². The molecular formula is C33H34N4O4S. The van der Waals surface area contributed by atoms with Crippen LogP contribution in [0.4, 0.5) is 0 Å². The molecule has 3 aromatic heterocycles. The monoisotopic (exact) mass is 582 g/mol. The van der Waals surface area contributed by atoms with Gasteiger partial charge in [-0.15, -0.1) is 0 Å². The van der Waals surface area contributed by atoms with Crippen molar-refractivity contribution >= 4 is 21.1 Å². The van der Waals surface area contributed by atoms with Crippen molar-refractivity contribution in [2.45, 2.75) is 31.2 Å². The molecule has 42 heavy (non-hydrogen) atoms. The highest BCUT2D eigenvalue weighted by atomic mass is 32.2. The third-order valence-electron chi connectivity index (χ3n) is 8.00. The Morgan fingerprint density at radius 1 is 0.952 bits per heavy atom. The fourth-order valence-corrected chi connectivity index (χ4v) is 6.96. The molecule has 1 N–H and O–H groups in total. The molecule has 1 unspecified atom stereocenters. The van der Waals surface area contributed by atoms with E-state index in [0.717, 1.165) is 54.7 Å². The smallest absolute Gasteiger partial charge is 0.269 e. The number of fused-ring (bicyclic) bond motifs is 1. The molecule has 0 amide bonds. The molecule has 0 bridgehead atoms. The van der Waals surface area contributed by atoms with Crippen LogP contribution in [0.1, 0.15) is 24.0 Å². The first-order chi connectivity index (χ1) is 20.4. The summed E-state index contributed by atoms with van der Waals surface area (Å²) in [7, 11) is -2.34. The number of likely N-dealkylation sites (tertiary alicyclic amines) is 1. The summed E-state index contributed by atoms with van der Waals surface area (Å²) in [4.78, 5) is 11.6. The Balaban J connectivity index is 1.38. The summed E-state index contributed by atoms with van der Waals surface area (Å²) < 4.78 is 34.0. The van der Waals surface area contributed by atoms with Crippen molar-refractivity contribution < 1.29 is 18.3 Å². The second kappa shape index (κ2) is 11.7. The molecule has 1 atom stereocenters. The van der Waals surface area contributed by atoms with Gasteiger partial charge in [0.2, 0.25) is 5.88 Å². The van der Waals surface area contributed by atoms with Crippen molar-refractivity contribution in [3.63, 3.8) is 0 Å². The van der Waals surface area contributed by atoms with Crippen LogP contribution in [0.15, 0.2) is 90.2 Å². The normalized spacial score (nSPS) is 16.1. The number of nitrogens with zero attached hydrogens (tertiary/aromatic N) is 4. The minimum atomic E-state index is -3.90. The van der Waals surface area contributed by atoms with Gasteiger partial charge in [0, 0.05) is 66.4 Å². The van der Waals surface area contributed by atoms with Crippen molar-refractivity contribution in [1.29, 1.82) is 0 Å². The predicted octanol–water partition coefficient (Wildman–Crippen LogP) is 5.52. The Hall–Kier alpha value is -4.05. The van der Waals surface area contributed by atoms with Gasteiger partial charge in [0.15, 0.2) is 5.65 Å². The number of rotatable bonds is 8.